The quantitative estimate of drug-likeness (QED) is 0.0223. The first-order valence-corrected chi connectivity index (χ1v) is 18.9. The number of carbonyl (C=O) groups is 2. The number of ether oxygens (including phenoxy) is 2. The number of carbonyl (C=O) groups excluding carboxylic acids is 2. The van der Waals surface area contributed by atoms with Crippen LogP contribution < -0.4 is 0 Å². The molecular weight excluding hydrogens is 619 g/mol. The van der Waals surface area contributed by atoms with Crippen molar-refractivity contribution in [2.45, 2.75) is 135 Å². The zero-order valence-corrected chi connectivity index (χ0v) is 29.7. The van der Waals surface area contributed by atoms with Gasteiger partial charge in [-0.05, 0) is 44.9 Å². The Bertz CT molecular complexity index is 1010. The van der Waals surface area contributed by atoms with Crippen LogP contribution in [0.25, 0.3) is 0 Å². The Balaban J connectivity index is 4.21. The van der Waals surface area contributed by atoms with Gasteiger partial charge in [-0.2, -0.15) is 0 Å². The van der Waals surface area contributed by atoms with Crippen molar-refractivity contribution in [1.82, 2.24) is 0 Å². The Labute approximate surface area is 283 Å². The van der Waals surface area contributed by atoms with E-state index in [0.717, 1.165) is 38.5 Å². The summed E-state index contributed by atoms with van der Waals surface area (Å²) in [7, 11) is -4.77. The first kappa shape index (κ1) is 44.5. The normalized spacial score (nSPS) is 14.1. The number of phosphoric ester groups is 1. The highest BCUT2D eigenvalue weighted by atomic mass is 31.2. The summed E-state index contributed by atoms with van der Waals surface area (Å²) in [6.07, 6.45) is 36.8. The average molecular weight is 681 g/mol. The van der Waals surface area contributed by atoms with Crippen LogP contribution in [-0.4, -0.2) is 52.3 Å². The van der Waals surface area contributed by atoms with Crippen molar-refractivity contribution in [2.75, 3.05) is 13.2 Å². The highest BCUT2D eigenvalue weighted by Gasteiger charge is 2.22. The zero-order chi connectivity index (χ0) is 34.9. The summed E-state index contributed by atoms with van der Waals surface area (Å²) < 4.78 is 26.1. The number of aliphatic hydroxyl groups excluding tert-OH is 1. The summed E-state index contributed by atoms with van der Waals surface area (Å²) in [6, 6.07) is 0. The zero-order valence-electron chi connectivity index (χ0n) is 28.8. The van der Waals surface area contributed by atoms with Gasteiger partial charge in [0.2, 0.25) is 0 Å². The van der Waals surface area contributed by atoms with Gasteiger partial charge in [0.25, 0.3) is 0 Å². The molecule has 10 heteroatoms. The number of aliphatic hydroxyl groups is 1. The van der Waals surface area contributed by atoms with Crippen molar-refractivity contribution >= 4 is 19.8 Å². The molecule has 3 N–H and O–H groups in total. The fourth-order valence-corrected chi connectivity index (χ4v) is 4.61. The van der Waals surface area contributed by atoms with Gasteiger partial charge in [0.05, 0.1) is 12.7 Å². The minimum atomic E-state index is -4.77. The molecule has 0 aliphatic heterocycles. The lowest BCUT2D eigenvalue weighted by Crippen LogP contribution is -2.29. The molecule has 0 aromatic carbocycles. The minimum Gasteiger partial charge on any atom is -0.462 e. The standard InChI is InChI=1S/C37H61O9P/c1-3-5-7-9-11-14-19-23-27-31-37(40)46-35(33-45-47(41,42)43)32-44-36(39)30-26-22-18-16-13-12-15-17-21-25-29-34(38)28-24-20-10-8-6-4-2/h6,8,12-13,17-18,20-22,24-25,29,34-35,38H,3-5,7,9-11,14-16,19,23,26-28,30-33H2,1-2H3,(H2,41,42,43)/b8-6-,13-12-,21-17-,22-18-,24-20-,29-25+/t34?,35-/m1/s1. The van der Waals surface area contributed by atoms with E-state index >= 15 is 0 Å². The molecule has 0 amide bonds. The van der Waals surface area contributed by atoms with E-state index in [4.69, 9.17) is 19.3 Å². The summed E-state index contributed by atoms with van der Waals surface area (Å²) in [4.78, 5) is 42.4. The number of hydrogen-bond donors (Lipinski definition) is 3. The third-order valence-corrected chi connectivity index (χ3v) is 7.32. The minimum absolute atomic E-state index is 0.116. The molecule has 0 rings (SSSR count). The molecule has 9 nitrogen and oxygen atoms in total. The van der Waals surface area contributed by atoms with E-state index in [9.17, 15) is 19.3 Å². The van der Waals surface area contributed by atoms with Crippen molar-refractivity contribution in [3.05, 3.63) is 72.9 Å². The lowest BCUT2D eigenvalue weighted by Gasteiger charge is -2.18. The Kier molecular flexibility index (Phi) is 30.3. The number of unbranched alkanes of at least 4 members (excludes halogenated alkanes) is 8. The first-order valence-electron chi connectivity index (χ1n) is 17.3. The van der Waals surface area contributed by atoms with Gasteiger partial charge in [-0.25, -0.2) is 4.57 Å². The molecule has 0 aromatic rings. The number of allylic oxidation sites excluding steroid dienone is 10. The monoisotopic (exact) mass is 680 g/mol. The third kappa shape index (κ3) is 34.6. The van der Waals surface area contributed by atoms with Gasteiger partial charge in [0, 0.05) is 12.8 Å². The Hall–Kier alpha value is -2.55. The maximum atomic E-state index is 12.3. The maximum Gasteiger partial charge on any atom is 0.469 e. The maximum absolute atomic E-state index is 12.3. The van der Waals surface area contributed by atoms with Crippen molar-refractivity contribution in [3.8, 4) is 0 Å². The molecule has 268 valence electrons. The molecule has 0 bridgehead atoms. The molecule has 0 spiro atoms. The number of rotatable bonds is 30. The molecule has 0 aliphatic rings. The summed E-state index contributed by atoms with van der Waals surface area (Å²) in [6.45, 7) is 3.37. The van der Waals surface area contributed by atoms with Crippen molar-refractivity contribution in [3.63, 3.8) is 0 Å². The van der Waals surface area contributed by atoms with E-state index < -0.39 is 38.6 Å². The second-order valence-corrected chi connectivity index (χ2v) is 12.6. The lowest BCUT2D eigenvalue weighted by atomic mass is 10.1. The van der Waals surface area contributed by atoms with Gasteiger partial charge in [-0.3, -0.25) is 14.1 Å². The molecule has 0 saturated heterocycles. The van der Waals surface area contributed by atoms with Crippen LogP contribution in [0.5, 0.6) is 0 Å². The molecule has 2 atom stereocenters. The van der Waals surface area contributed by atoms with Crippen molar-refractivity contribution < 1.29 is 43.0 Å². The molecule has 0 saturated carbocycles. The van der Waals surface area contributed by atoms with Gasteiger partial charge < -0.3 is 24.4 Å². The predicted octanol–water partition coefficient (Wildman–Crippen LogP) is 8.92. The van der Waals surface area contributed by atoms with E-state index in [-0.39, 0.29) is 19.4 Å². The second-order valence-electron chi connectivity index (χ2n) is 11.3. The van der Waals surface area contributed by atoms with Crippen LogP contribution in [0.3, 0.4) is 0 Å². The van der Waals surface area contributed by atoms with Crippen LogP contribution in [0.15, 0.2) is 72.9 Å². The van der Waals surface area contributed by atoms with Gasteiger partial charge in [-0.15, -0.1) is 0 Å². The number of esters is 2. The van der Waals surface area contributed by atoms with E-state index in [1.54, 1.807) is 6.08 Å². The Morgan fingerprint density at radius 2 is 1.28 bits per heavy atom. The van der Waals surface area contributed by atoms with E-state index in [1.165, 1.54) is 32.1 Å². The molecule has 0 aromatic heterocycles. The molecule has 47 heavy (non-hydrogen) atoms. The summed E-state index contributed by atoms with van der Waals surface area (Å²) in [5, 5.41) is 9.94. The topological polar surface area (TPSA) is 140 Å². The Morgan fingerprint density at radius 1 is 0.681 bits per heavy atom. The summed E-state index contributed by atoms with van der Waals surface area (Å²) in [5.41, 5.74) is 0. The Morgan fingerprint density at radius 3 is 1.94 bits per heavy atom. The average Bonchev–Trinajstić information content (AvgIpc) is 3.03. The van der Waals surface area contributed by atoms with Gasteiger partial charge in [0.1, 0.15) is 6.61 Å². The first-order chi connectivity index (χ1) is 22.7. The van der Waals surface area contributed by atoms with E-state index in [0.29, 0.717) is 25.7 Å². The summed E-state index contributed by atoms with van der Waals surface area (Å²) >= 11 is 0. The van der Waals surface area contributed by atoms with Crippen LogP contribution >= 0.6 is 7.82 Å². The molecule has 0 radical (unpaired) electrons. The highest BCUT2D eigenvalue weighted by Crippen LogP contribution is 2.35. The van der Waals surface area contributed by atoms with Crippen LogP contribution in [0, 0.1) is 0 Å². The second kappa shape index (κ2) is 32.0. The van der Waals surface area contributed by atoms with Gasteiger partial charge in [0.15, 0.2) is 6.10 Å². The fraction of sp³-hybridized carbons (Fsp3) is 0.622. The smallest absolute Gasteiger partial charge is 0.462 e. The van der Waals surface area contributed by atoms with Crippen LogP contribution in [0.1, 0.15) is 123 Å². The fourth-order valence-electron chi connectivity index (χ4n) is 4.25. The van der Waals surface area contributed by atoms with Gasteiger partial charge >= 0.3 is 19.8 Å². The summed E-state index contributed by atoms with van der Waals surface area (Å²) in [5.74, 6) is -1.02. The SMILES string of the molecule is CC/C=C\C/C=C\CC(O)/C=C/C=C\C/C=C\C/C=C\CCC(=O)OC[C@H](COP(=O)(O)O)OC(=O)CCCCCCCCCCC. The van der Waals surface area contributed by atoms with Crippen LogP contribution in [-0.2, 0) is 28.2 Å². The molecule has 0 fully saturated rings. The number of hydrogen-bond acceptors (Lipinski definition) is 7. The highest BCUT2D eigenvalue weighted by molar-refractivity contribution is 7.46. The van der Waals surface area contributed by atoms with Crippen LogP contribution in [0.2, 0.25) is 0 Å². The molecule has 0 heterocycles. The van der Waals surface area contributed by atoms with Crippen molar-refractivity contribution in [1.29, 1.82) is 0 Å². The van der Waals surface area contributed by atoms with Crippen LogP contribution in [0.4, 0.5) is 0 Å². The molecule has 1 unspecified atom stereocenters. The predicted molar refractivity (Wildman–Crippen MR) is 190 cm³/mol. The van der Waals surface area contributed by atoms with E-state index in [2.05, 4.69) is 36.6 Å². The lowest BCUT2D eigenvalue weighted by molar-refractivity contribution is -0.161. The van der Waals surface area contributed by atoms with Gasteiger partial charge in [-0.1, -0.05) is 138 Å². The molecular formula is C37H61O9P. The number of phosphoric acid groups is 1. The van der Waals surface area contributed by atoms with Crippen molar-refractivity contribution in [2.24, 2.45) is 0 Å². The largest absolute Gasteiger partial charge is 0.469 e. The third-order valence-electron chi connectivity index (χ3n) is 6.83. The van der Waals surface area contributed by atoms with E-state index in [1.807, 2.05) is 48.6 Å². The molecule has 0 aliphatic carbocycles.